The van der Waals surface area contributed by atoms with E-state index in [1.54, 1.807) is 13.1 Å². The maximum Gasteiger partial charge on any atom is 0.246 e. The Hall–Kier alpha value is -0.900. The molecule has 74 valence electrons. The van der Waals surface area contributed by atoms with Crippen molar-refractivity contribution in [1.29, 1.82) is 0 Å². The van der Waals surface area contributed by atoms with Crippen LogP contribution in [0.25, 0.3) is 0 Å². The standard InChI is InChI=1S/C9H14F2N2/c1-5-4-13-6(2)8(5)7(3-12)9(10)11/h4,7,9,13H,3,12H2,1-2H3. The predicted octanol–water partition coefficient (Wildman–Crippen LogP) is 1.94. The second-order valence-corrected chi connectivity index (χ2v) is 3.19. The largest absolute Gasteiger partial charge is 0.365 e. The van der Waals surface area contributed by atoms with Crippen molar-refractivity contribution in [2.24, 2.45) is 5.73 Å². The Morgan fingerprint density at radius 1 is 1.46 bits per heavy atom. The van der Waals surface area contributed by atoms with Crippen LogP contribution < -0.4 is 5.73 Å². The van der Waals surface area contributed by atoms with Gasteiger partial charge < -0.3 is 10.7 Å². The third-order valence-corrected chi connectivity index (χ3v) is 2.26. The van der Waals surface area contributed by atoms with Crippen LogP contribution in [0.1, 0.15) is 22.7 Å². The fourth-order valence-electron chi connectivity index (χ4n) is 1.58. The van der Waals surface area contributed by atoms with Crippen LogP contribution in [0.5, 0.6) is 0 Å². The Bertz CT molecular complexity index is 262. The minimum atomic E-state index is -2.39. The summed E-state index contributed by atoms with van der Waals surface area (Å²) in [5.74, 6) is -0.841. The lowest BCUT2D eigenvalue weighted by Gasteiger charge is -2.14. The average molecular weight is 188 g/mol. The molecule has 1 heterocycles. The van der Waals surface area contributed by atoms with Gasteiger partial charge in [0.25, 0.3) is 0 Å². The number of hydrogen-bond acceptors (Lipinski definition) is 1. The van der Waals surface area contributed by atoms with Gasteiger partial charge in [0.2, 0.25) is 6.43 Å². The summed E-state index contributed by atoms with van der Waals surface area (Å²) in [6.07, 6.45) is -0.659. The van der Waals surface area contributed by atoms with Gasteiger partial charge in [-0.15, -0.1) is 0 Å². The van der Waals surface area contributed by atoms with E-state index in [-0.39, 0.29) is 6.54 Å². The van der Waals surface area contributed by atoms with Gasteiger partial charge in [0.1, 0.15) is 0 Å². The highest BCUT2D eigenvalue weighted by Crippen LogP contribution is 2.27. The van der Waals surface area contributed by atoms with Crippen molar-refractivity contribution in [3.63, 3.8) is 0 Å². The maximum absolute atomic E-state index is 12.5. The highest BCUT2D eigenvalue weighted by Gasteiger charge is 2.24. The molecule has 0 aromatic carbocycles. The van der Waals surface area contributed by atoms with E-state index in [1.807, 2.05) is 6.92 Å². The smallest absolute Gasteiger partial charge is 0.246 e. The van der Waals surface area contributed by atoms with E-state index in [0.717, 1.165) is 11.3 Å². The van der Waals surface area contributed by atoms with Gasteiger partial charge in [-0.2, -0.15) is 0 Å². The van der Waals surface area contributed by atoms with Crippen LogP contribution in [0, 0.1) is 13.8 Å². The molecule has 0 saturated carbocycles. The molecule has 1 atom stereocenters. The van der Waals surface area contributed by atoms with Gasteiger partial charge in [-0.05, 0) is 25.0 Å². The molecule has 3 N–H and O–H groups in total. The summed E-state index contributed by atoms with van der Waals surface area (Å²) in [5, 5.41) is 0. The number of aryl methyl sites for hydroxylation is 2. The zero-order chi connectivity index (χ0) is 10.0. The molecule has 0 bridgehead atoms. The zero-order valence-electron chi connectivity index (χ0n) is 7.77. The van der Waals surface area contributed by atoms with Crippen LogP contribution in [0.2, 0.25) is 0 Å². The zero-order valence-corrected chi connectivity index (χ0v) is 7.77. The highest BCUT2D eigenvalue weighted by molar-refractivity contribution is 5.33. The Balaban J connectivity index is 3.03. The van der Waals surface area contributed by atoms with Crippen molar-refractivity contribution < 1.29 is 8.78 Å². The van der Waals surface area contributed by atoms with Crippen molar-refractivity contribution >= 4 is 0 Å². The first-order valence-electron chi connectivity index (χ1n) is 4.20. The van der Waals surface area contributed by atoms with Crippen LogP contribution in [-0.2, 0) is 0 Å². The molecule has 0 fully saturated rings. The van der Waals surface area contributed by atoms with Crippen LogP contribution in [0.4, 0.5) is 8.78 Å². The van der Waals surface area contributed by atoms with Gasteiger partial charge in [0.05, 0.1) is 5.92 Å². The van der Waals surface area contributed by atoms with Crippen LogP contribution in [-0.4, -0.2) is 18.0 Å². The van der Waals surface area contributed by atoms with Crippen molar-refractivity contribution in [2.75, 3.05) is 6.54 Å². The average Bonchev–Trinajstić information content (AvgIpc) is 2.36. The fraction of sp³-hybridized carbons (Fsp3) is 0.556. The number of H-pyrrole nitrogens is 1. The van der Waals surface area contributed by atoms with E-state index in [2.05, 4.69) is 4.98 Å². The number of nitrogens with one attached hydrogen (secondary N) is 1. The Morgan fingerprint density at radius 3 is 2.38 bits per heavy atom. The number of aromatic nitrogens is 1. The lowest BCUT2D eigenvalue weighted by molar-refractivity contribution is 0.116. The summed E-state index contributed by atoms with van der Waals surface area (Å²) < 4.78 is 25.1. The molecule has 4 heteroatoms. The highest BCUT2D eigenvalue weighted by atomic mass is 19.3. The van der Waals surface area contributed by atoms with E-state index < -0.39 is 12.3 Å². The van der Waals surface area contributed by atoms with Gasteiger partial charge in [0, 0.05) is 18.4 Å². The molecule has 0 aliphatic carbocycles. The summed E-state index contributed by atoms with van der Waals surface area (Å²) in [6, 6.07) is 0. The minimum Gasteiger partial charge on any atom is -0.365 e. The molecule has 1 rings (SSSR count). The molecule has 1 aromatic rings. The molecular formula is C9H14F2N2. The molecule has 0 amide bonds. The van der Waals surface area contributed by atoms with E-state index in [9.17, 15) is 8.78 Å². The number of halogens is 2. The van der Waals surface area contributed by atoms with E-state index >= 15 is 0 Å². The lowest BCUT2D eigenvalue weighted by atomic mass is 9.97. The second-order valence-electron chi connectivity index (χ2n) is 3.19. The normalized spacial score (nSPS) is 13.7. The molecule has 1 aromatic heterocycles. The van der Waals surface area contributed by atoms with Crippen molar-refractivity contribution in [2.45, 2.75) is 26.2 Å². The number of nitrogens with two attached hydrogens (primary N) is 1. The van der Waals surface area contributed by atoms with Crippen LogP contribution >= 0.6 is 0 Å². The monoisotopic (exact) mass is 188 g/mol. The van der Waals surface area contributed by atoms with Crippen molar-refractivity contribution in [3.8, 4) is 0 Å². The molecule has 0 saturated heterocycles. The van der Waals surface area contributed by atoms with Gasteiger partial charge in [-0.25, -0.2) is 8.78 Å². The van der Waals surface area contributed by atoms with Crippen LogP contribution in [0.3, 0.4) is 0 Å². The van der Waals surface area contributed by atoms with Crippen molar-refractivity contribution in [1.82, 2.24) is 4.98 Å². The summed E-state index contributed by atoms with van der Waals surface area (Å²) >= 11 is 0. The summed E-state index contributed by atoms with van der Waals surface area (Å²) in [4.78, 5) is 2.92. The lowest BCUT2D eigenvalue weighted by Crippen LogP contribution is -2.20. The first kappa shape index (κ1) is 10.2. The third-order valence-electron chi connectivity index (χ3n) is 2.26. The van der Waals surface area contributed by atoms with Gasteiger partial charge in [-0.1, -0.05) is 0 Å². The number of aromatic amines is 1. The molecule has 13 heavy (non-hydrogen) atoms. The Labute approximate surface area is 76.1 Å². The summed E-state index contributed by atoms with van der Waals surface area (Å²) in [6.45, 7) is 3.58. The minimum absolute atomic E-state index is 0.0167. The van der Waals surface area contributed by atoms with Gasteiger partial charge in [0.15, 0.2) is 0 Å². The maximum atomic E-state index is 12.5. The van der Waals surface area contributed by atoms with Crippen LogP contribution in [0.15, 0.2) is 6.20 Å². The topological polar surface area (TPSA) is 41.8 Å². The number of hydrogen-bond donors (Lipinski definition) is 2. The molecule has 0 aliphatic rings. The summed E-state index contributed by atoms with van der Waals surface area (Å²) in [7, 11) is 0. The Kier molecular flexibility index (Phi) is 3.03. The Morgan fingerprint density at radius 2 is 2.08 bits per heavy atom. The molecule has 0 radical (unpaired) electrons. The molecule has 1 unspecified atom stereocenters. The second kappa shape index (κ2) is 3.87. The quantitative estimate of drug-likeness (QED) is 0.747. The number of rotatable bonds is 3. The predicted molar refractivity (Wildman–Crippen MR) is 48.1 cm³/mol. The first-order valence-corrected chi connectivity index (χ1v) is 4.20. The van der Waals surface area contributed by atoms with E-state index in [0.29, 0.717) is 5.56 Å². The molecule has 2 nitrogen and oxygen atoms in total. The molecule has 0 aliphatic heterocycles. The fourth-order valence-corrected chi connectivity index (χ4v) is 1.58. The van der Waals surface area contributed by atoms with E-state index in [1.165, 1.54) is 0 Å². The van der Waals surface area contributed by atoms with Gasteiger partial charge >= 0.3 is 0 Å². The summed E-state index contributed by atoms with van der Waals surface area (Å²) in [5.41, 5.74) is 7.61. The molecule has 0 spiro atoms. The number of alkyl halides is 2. The molecular weight excluding hydrogens is 174 g/mol. The van der Waals surface area contributed by atoms with E-state index in [4.69, 9.17) is 5.73 Å². The van der Waals surface area contributed by atoms with Crippen molar-refractivity contribution in [3.05, 3.63) is 23.0 Å². The van der Waals surface area contributed by atoms with Gasteiger partial charge in [-0.3, -0.25) is 0 Å². The first-order chi connectivity index (χ1) is 6.07. The third kappa shape index (κ3) is 1.88. The SMILES string of the molecule is Cc1c[nH]c(C)c1C(CN)C(F)F.